The molecule has 88 valence electrons. The van der Waals surface area contributed by atoms with Gasteiger partial charge in [0.2, 0.25) is 0 Å². The lowest BCUT2D eigenvalue weighted by molar-refractivity contribution is 0.242. The van der Waals surface area contributed by atoms with Crippen LogP contribution in [0.3, 0.4) is 0 Å². The predicted molar refractivity (Wildman–Crippen MR) is 68.9 cm³/mol. The Morgan fingerprint density at radius 3 is 2.81 bits per heavy atom. The summed E-state index contributed by atoms with van der Waals surface area (Å²) in [5.74, 6) is 4.39. The van der Waals surface area contributed by atoms with Gasteiger partial charge in [-0.2, -0.15) is 0 Å². The Morgan fingerprint density at radius 1 is 1.38 bits per heavy atom. The number of thioether (sulfide) groups is 2. The summed E-state index contributed by atoms with van der Waals surface area (Å²) in [5, 5.41) is 9.29. The first-order valence-electron chi connectivity index (χ1n) is 5.77. The summed E-state index contributed by atoms with van der Waals surface area (Å²) in [7, 11) is 0. The second kappa shape index (κ2) is 4.00. The highest BCUT2D eigenvalue weighted by atomic mass is 32.2. The van der Waals surface area contributed by atoms with Gasteiger partial charge in [-0.1, -0.05) is 0 Å². The second-order valence-corrected chi connectivity index (χ2v) is 7.46. The monoisotopic (exact) mass is 256 g/mol. The molecular formula is C12H16O2S2. The molecule has 1 N–H and O–H groups in total. The van der Waals surface area contributed by atoms with Crippen molar-refractivity contribution >= 4 is 23.5 Å². The highest BCUT2D eigenvalue weighted by Crippen LogP contribution is 2.59. The normalized spacial score (nSPS) is 22.6. The maximum atomic E-state index is 9.29. The van der Waals surface area contributed by atoms with E-state index in [0.29, 0.717) is 0 Å². The van der Waals surface area contributed by atoms with Crippen LogP contribution in [0.5, 0.6) is 0 Å². The van der Waals surface area contributed by atoms with E-state index in [-0.39, 0.29) is 10.7 Å². The minimum Gasteiger partial charge on any atom is -0.463 e. The van der Waals surface area contributed by atoms with E-state index in [0.717, 1.165) is 17.9 Å². The highest BCUT2D eigenvalue weighted by Gasteiger charge is 2.44. The number of furan rings is 1. The van der Waals surface area contributed by atoms with E-state index < -0.39 is 0 Å². The van der Waals surface area contributed by atoms with Crippen LogP contribution in [0.15, 0.2) is 4.42 Å². The molecular weight excluding hydrogens is 240 g/mol. The number of aryl methyl sites for hydroxylation is 1. The summed E-state index contributed by atoms with van der Waals surface area (Å²) in [6, 6.07) is 0. The molecule has 0 atom stereocenters. The molecule has 0 radical (unpaired) electrons. The zero-order valence-electron chi connectivity index (χ0n) is 9.41. The number of hydrogen-bond acceptors (Lipinski definition) is 4. The lowest BCUT2D eigenvalue weighted by Gasteiger charge is -2.31. The van der Waals surface area contributed by atoms with Crippen molar-refractivity contribution in [2.75, 3.05) is 11.5 Å². The van der Waals surface area contributed by atoms with Crippen LogP contribution >= 0.6 is 23.5 Å². The fourth-order valence-corrected chi connectivity index (χ4v) is 6.36. The van der Waals surface area contributed by atoms with Crippen molar-refractivity contribution in [3.8, 4) is 0 Å². The number of hydrogen-bond donors (Lipinski definition) is 1. The van der Waals surface area contributed by atoms with Crippen molar-refractivity contribution in [1.82, 2.24) is 0 Å². The Morgan fingerprint density at radius 2 is 2.12 bits per heavy atom. The Bertz CT molecular complexity index is 405. The van der Waals surface area contributed by atoms with Gasteiger partial charge in [-0.3, -0.25) is 0 Å². The van der Waals surface area contributed by atoms with Crippen molar-refractivity contribution in [1.29, 1.82) is 0 Å². The van der Waals surface area contributed by atoms with Crippen molar-refractivity contribution in [2.24, 2.45) is 0 Å². The van der Waals surface area contributed by atoms with Crippen LogP contribution in [0, 0.1) is 6.92 Å². The quantitative estimate of drug-likeness (QED) is 0.837. The molecule has 1 saturated heterocycles. The van der Waals surface area contributed by atoms with Gasteiger partial charge in [0, 0.05) is 23.5 Å². The summed E-state index contributed by atoms with van der Waals surface area (Å²) in [5.41, 5.74) is 2.59. The molecule has 1 spiro atoms. The fourth-order valence-electron chi connectivity index (χ4n) is 2.80. The molecule has 1 fully saturated rings. The molecule has 1 aromatic heterocycles. The Balaban J connectivity index is 2.13. The highest BCUT2D eigenvalue weighted by molar-refractivity contribution is 8.20. The van der Waals surface area contributed by atoms with Gasteiger partial charge < -0.3 is 9.52 Å². The molecule has 1 aliphatic carbocycles. The molecule has 0 unspecified atom stereocenters. The molecule has 0 amide bonds. The lowest BCUT2D eigenvalue weighted by atomic mass is 9.94. The van der Waals surface area contributed by atoms with Crippen molar-refractivity contribution in [2.45, 2.75) is 36.9 Å². The second-order valence-electron chi connectivity index (χ2n) is 4.41. The van der Waals surface area contributed by atoms with Crippen LogP contribution in [0.4, 0.5) is 0 Å². The summed E-state index contributed by atoms with van der Waals surface area (Å²) in [6.45, 7) is 2.13. The van der Waals surface area contributed by atoms with Gasteiger partial charge in [-0.25, -0.2) is 0 Å². The number of fused-ring (bicyclic) bond motifs is 2. The molecule has 0 saturated carbocycles. The average Bonchev–Trinajstić information content (AvgIpc) is 2.86. The first kappa shape index (κ1) is 11.1. The van der Waals surface area contributed by atoms with Crippen LogP contribution in [-0.2, 0) is 17.1 Å². The zero-order chi connectivity index (χ0) is 11.2. The van der Waals surface area contributed by atoms with Crippen LogP contribution < -0.4 is 0 Å². The lowest BCUT2D eigenvalue weighted by Crippen LogP contribution is -2.21. The van der Waals surface area contributed by atoms with Gasteiger partial charge in [0.25, 0.3) is 0 Å². The van der Waals surface area contributed by atoms with E-state index >= 15 is 0 Å². The van der Waals surface area contributed by atoms with Gasteiger partial charge in [0.15, 0.2) is 0 Å². The molecule has 4 heteroatoms. The Kier molecular flexibility index (Phi) is 2.76. The van der Waals surface area contributed by atoms with E-state index in [1.165, 1.54) is 35.5 Å². The maximum absolute atomic E-state index is 9.29. The first-order valence-corrected chi connectivity index (χ1v) is 7.74. The Hall–Kier alpha value is -0.0600. The van der Waals surface area contributed by atoms with Gasteiger partial charge >= 0.3 is 0 Å². The topological polar surface area (TPSA) is 33.4 Å². The van der Waals surface area contributed by atoms with Crippen LogP contribution in [0.2, 0.25) is 0 Å². The van der Waals surface area contributed by atoms with Crippen LogP contribution in [0.1, 0.15) is 35.5 Å². The van der Waals surface area contributed by atoms with Crippen molar-refractivity contribution < 1.29 is 9.52 Å². The summed E-state index contributed by atoms with van der Waals surface area (Å²) >= 11 is 4.14. The van der Waals surface area contributed by atoms with Gasteiger partial charge in [-0.05, 0) is 25.3 Å². The third kappa shape index (κ3) is 1.46. The van der Waals surface area contributed by atoms with Gasteiger partial charge in [0.1, 0.15) is 18.1 Å². The largest absolute Gasteiger partial charge is 0.463 e. The van der Waals surface area contributed by atoms with Crippen LogP contribution in [-0.4, -0.2) is 16.6 Å². The fraction of sp³-hybridized carbons (Fsp3) is 0.667. The number of rotatable bonds is 1. The molecule has 0 aromatic carbocycles. The number of aliphatic hydroxyl groups is 1. The smallest absolute Gasteiger partial charge is 0.132 e. The van der Waals surface area contributed by atoms with Crippen LogP contribution in [0.25, 0.3) is 0 Å². The molecule has 3 rings (SSSR count). The summed E-state index contributed by atoms with van der Waals surface area (Å²) in [4.78, 5) is 0. The molecule has 2 nitrogen and oxygen atoms in total. The summed E-state index contributed by atoms with van der Waals surface area (Å²) < 4.78 is 6.04. The standard InChI is InChI=1S/C12H16O2S2/c1-8-10(7-13)14-9-3-2-4-12(11(8)9)15-5-6-16-12/h13H,2-7H2,1H3. The summed E-state index contributed by atoms with van der Waals surface area (Å²) in [6.07, 6.45) is 3.50. The molecule has 0 bridgehead atoms. The number of aliphatic hydroxyl groups excluding tert-OH is 1. The molecule has 16 heavy (non-hydrogen) atoms. The third-order valence-corrected chi connectivity index (χ3v) is 7.04. The van der Waals surface area contributed by atoms with Crippen molar-refractivity contribution in [3.05, 3.63) is 22.6 Å². The minimum atomic E-state index is 0.0320. The van der Waals surface area contributed by atoms with E-state index in [9.17, 15) is 5.11 Å². The zero-order valence-corrected chi connectivity index (χ0v) is 11.0. The minimum absolute atomic E-state index is 0.0320. The molecule has 1 aromatic rings. The third-order valence-electron chi connectivity index (χ3n) is 3.51. The van der Waals surface area contributed by atoms with E-state index in [2.05, 4.69) is 30.4 Å². The average molecular weight is 256 g/mol. The van der Waals surface area contributed by atoms with Crippen molar-refractivity contribution in [3.63, 3.8) is 0 Å². The first-order chi connectivity index (χ1) is 7.77. The van der Waals surface area contributed by atoms with E-state index in [4.69, 9.17) is 4.42 Å². The van der Waals surface area contributed by atoms with Gasteiger partial charge in [0.05, 0.1) is 4.08 Å². The maximum Gasteiger partial charge on any atom is 0.132 e. The van der Waals surface area contributed by atoms with E-state index in [1.54, 1.807) is 0 Å². The van der Waals surface area contributed by atoms with Gasteiger partial charge in [-0.15, -0.1) is 23.5 Å². The molecule has 2 aliphatic rings. The Labute approximate surface area is 104 Å². The molecule has 2 heterocycles. The SMILES string of the molecule is Cc1c(CO)oc2c1C1(CCC2)SCCS1. The molecule has 1 aliphatic heterocycles. The predicted octanol–water partition coefficient (Wildman–Crippen LogP) is 3.05. The van der Waals surface area contributed by atoms with E-state index in [1.807, 2.05) is 0 Å².